The average molecular weight is 941 g/mol. The summed E-state index contributed by atoms with van der Waals surface area (Å²) >= 11 is 0. The summed E-state index contributed by atoms with van der Waals surface area (Å²) in [5.41, 5.74) is 8.22. The number of aliphatic imine (C=N–C) groups is 1. The molecule has 0 saturated carbocycles. The molecule has 1 aromatic rings. The Bertz CT molecular complexity index is 1510. The van der Waals surface area contributed by atoms with E-state index in [0.717, 1.165) is 10.6 Å². The first kappa shape index (κ1) is 57.3. The SMILES string of the molecule is CCCN(OCCOC(F)(F)F)C(=O)C1=Cc2ccc(CNC(=O)CCOCCOCCOCCOCCOCCOCCOCCOCCOCCOCCC(=O)O)cc2N=C(N)C1. The van der Waals surface area contributed by atoms with Crippen molar-refractivity contribution in [3.63, 3.8) is 0 Å². The number of carbonyl (C=O) groups excluding carboxylic acids is 2. The molecule has 4 N–H and O–H groups in total. The van der Waals surface area contributed by atoms with Gasteiger partial charge in [-0.05, 0) is 24.1 Å². The quantitative estimate of drug-likeness (QED) is 0.0631. The van der Waals surface area contributed by atoms with Gasteiger partial charge in [0, 0.05) is 37.1 Å². The Hall–Kier alpha value is -3.85. The Morgan fingerprint density at radius 1 is 0.677 bits per heavy atom. The molecule has 2 amide bonds. The van der Waals surface area contributed by atoms with Crippen molar-refractivity contribution in [1.82, 2.24) is 10.4 Å². The summed E-state index contributed by atoms with van der Waals surface area (Å²) in [4.78, 5) is 45.7. The summed E-state index contributed by atoms with van der Waals surface area (Å²) in [5.74, 6) is -1.48. The van der Waals surface area contributed by atoms with Crippen LogP contribution in [0.2, 0.25) is 0 Å². The number of alkyl halides is 3. The van der Waals surface area contributed by atoms with Crippen molar-refractivity contribution < 1.29 is 89.6 Å². The van der Waals surface area contributed by atoms with E-state index in [9.17, 15) is 27.6 Å². The highest BCUT2D eigenvalue weighted by Crippen LogP contribution is 2.28. The zero-order valence-corrected chi connectivity index (χ0v) is 37.3. The first-order valence-electron chi connectivity index (χ1n) is 21.6. The third-order valence-corrected chi connectivity index (χ3v) is 8.36. The van der Waals surface area contributed by atoms with Crippen LogP contribution < -0.4 is 11.1 Å². The Labute approximate surface area is 378 Å². The molecule has 0 spiro atoms. The van der Waals surface area contributed by atoms with Crippen LogP contribution in [-0.2, 0) is 77.9 Å². The van der Waals surface area contributed by atoms with Crippen LogP contribution in [-0.4, -0.2) is 192 Å². The molecule has 0 saturated heterocycles. The Kier molecular flexibility index (Phi) is 32.8. The van der Waals surface area contributed by atoms with E-state index >= 15 is 0 Å². The maximum absolute atomic E-state index is 13.2. The number of amides is 2. The van der Waals surface area contributed by atoms with Crippen LogP contribution in [0.5, 0.6) is 0 Å². The number of hydrogen-bond acceptors (Lipinski definition) is 17. The average Bonchev–Trinajstić information content (AvgIpc) is 3.44. The number of aliphatic carboxylic acids is 1. The molecule has 0 bridgehead atoms. The Balaban J connectivity index is 1.39. The minimum absolute atomic E-state index is 0.00562. The van der Waals surface area contributed by atoms with Crippen molar-refractivity contribution in [3.8, 4) is 0 Å². The molecule has 0 aliphatic carbocycles. The fraction of sp³-hybridized carbons (Fsp3) is 0.714. The number of carbonyl (C=O) groups is 3. The van der Waals surface area contributed by atoms with Gasteiger partial charge in [0.15, 0.2) is 0 Å². The van der Waals surface area contributed by atoms with Gasteiger partial charge in [0.1, 0.15) is 5.84 Å². The zero-order chi connectivity index (χ0) is 47.2. The van der Waals surface area contributed by atoms with Gasteiger partial charge in [-0.2, -0.15) is 0 Å². The van der Waals surface area contributed by atoms with Gasteiger partial charge in [0.05, 0.1) is 157 Å². The van der Waals surface area contributed by atoms with Gasteiger partial charge in [-0.1, -0.05) is 19.1 Å². The maximum atomic E-state index is 13.2. The molecule has 1 aromatic carbocycles. The van der Waals surface area contributed by atoms with Gasteiger partial charge < -0.3 is 63.5 Å². The zero-order valence-electron chi connectivity index (χ0n) is 37.3. The van der Waals surface area contributed by atoms with E-state index in [2.05, 4.69) is 15.0 Å². The van der Waals surface area contributed by atoms with E-state index in [1.54, 1.807) is 31.2 Å². The first-order valence-corrected chi connectivity index (χ1v) is 21.6. The smallest absolute Gasteiger partial charge is 0.481 e. The summed E-state index contributed by atoms with van der Waals surface area (Å²) in [5, 5.41) is 12.3. The summed E-state index contributed by atoms with van der Waals surface area (Å²) in [7, 11) is 0. The van der Waals surface area contributed by atoms with Crippen molar-refractivity contribution in [1.29, 1.82) is 0 Å². The number of carboxylic acid groups (broad SMARTS) is 1. The molecule has 65 heavy (non-hydrogen) atoms. The van der Waals surface area contributed by atoms with Crippen LogP contribution in [0.4, 0.5) is 18.9 Å². The van der Waals surface area contributed by atoms with Crippen LogP contribution >= 0.6 is 0 Å². The molecule has 0 aromatic heterocycles. The highest BCUT2D eigenvalue weighted by atomic mass is 19.4. The summed E-state index contributed by atoms with van der Waals surface area (Å²) in [6.07, 6.45) is -2.55. The number of ether oxygens (including phenoxy) is 11. The normalized spacial score (nSPS) is 12.7. The third kappa shape index (κ3) is 31.7. The molecule has 23 heteroatoms. The summed E-state index contributed by atoms with van der Waals surface area (Å²) in [6.45, 7) is 8.74. The number of fused-ring (bicyclic) bond motifs is 1. The number of rotatable bonds is 42. The highest BCUT2D eigenvalue weighted by Gasteiger charge is 2.29. The van der Waals surface area contributed by atoms with Gasteiger partial charge in [0.2, 0.25) is 5.91 Å². The van der Waals surface area contributed by atoms with E-state index in [4.69, 9.17) is 63.0 Å². The van der Waals surface area contributed by atoms with Gasteiger partial charge in [0.25, 0.3) is 5.91 Å². The van der Waals surface area contributed by atoms with E-state index in [0.29, 0.717) is 137 Å². The van der Waals surface area contributed by atoms with Crippen LogP contribution in [0.3, 0.4) is 0 Å². The van der Waals surface area contributed by atoms with Crippen LogP contribution in [0, 0.1) is 0 Å². The van der Waals surface area contributed by atoms with Crippen molar-refractivity contribution in [2.75, 3.05) is 152 Å². The number of amidine groups is 1. The van der Waals surface area contributed by atoms with E-state index < -0.39 is 31.5 Å². The number of nitrogens with zero attached hydrogens (tertiary/aromatic N) is 2. The number of nitrogens with one attached hydrogen (secondary N) is 1. The molecule has 20 nitrogen and oxygen atoms in total. The molecule has 1 aliphatic heterocycles. The van der Waals surface area contributed by atoms with Crippen molar-refractivity contribution in [3.05, 3.63) is 34.9 Å². The number of halogens is 3. The van der Waals surface area contributed by atoms with E-state index in [1.807, 2.05) is 0 Å². The molecular weight excluding hydrogens is 873 g/mol. The minimum atomic E-state index is -4.80. The van der Waals surface area contributed by atoms with Gasteiger partial charge in [-0.3, -0.25) is 24.0 Å². The van der Waals surface area contributed by atoms with Crippen molar-refractivity contribution in [2.45, 2.75) is 45.5 Å². The number of carboxylic acids is 1. The second-order valence-corrected chi connectivity index (χ2v) is 13.7. The van der Waals surface area contributed by atoms with Crippen LogP contribution in [0.15, 0.2) is 28.8 Å². The standard InChI is InChI=1S/C42H67F3N4O16/c1-2-7-49(65-29-28-64-42(43,44)45)41(53)36-31-35-4-3-34(30-37(35)48-38(46)32-36)33-47-39(50)5-8-54-10-12-56-14-16-58-18-20-60-22-24-62-26-27-63-25-23-61-21-19-59-17-15-57-13-11-55-9-6-40(51)52/h3-4,30-31H,2,5-29,32-33H2,1H3,(H2,46,48)(H,47,50)(H,51,52). The molecule has 0 unspecified atom stereocenters. The lowest BCUT2D eigenvalue weighted by molar-refractivity contribution is -0.330. The number of hydroxylamine groups is 2. The Morgan fingerprint density at radius 3 is 1.55 bits per heavy atom. The van der Waals surface area contributed by atoms with Crippen molar-refractivity contribution >= 4 is 35.4 Å². The van der Waals surface area contributed by atoms with Crippen LogP contribution in [0.1, 0.15) is 43.7 Å². The highest BCUT2D eigenvalue weighted by molar-refractivity contribution is 6.05. The number of nitrogens with two attached hydrogens (primary N) is 1. The summed E-state index contributed by atoms with van der Waals surface area (Å²) < 4.78 is 94.8. The molecular formula is C42H67F3N4O16. The first-order chi connectivity index (χ1) is 31.5. The van der Waals surface area contributed by atoms with E-state index in [-0.39, 0.29) is 62.9 Å². The third-order valence-electron chi connectivity index (χ3n) is 8.36. The second kappa shape index (κ2) is 37.3. The fourth-order valence-electron chi connectivity index (χ4n) is 5.27. The monoisotopic (exact) mass is 940 g/mol. The van der Waals surface area contributed by atoms with Crippen LogP contribution in [0.25, 0.3) is 6.08 Å². The fourth-order valence-corrected chi connectivity index (χ4v) is 5.27. The van der Waals surface area contributed by atoms with Gasteiger partial charge >= 0.3 is 12.3 Å². The largest absolute Gasteiger partial charge is 0.522 e. The molecule has 1 aliphatic rings. The molecule has 0 radical (unpaired) electrons. The van der Waals surface area contributed by atoms with Gasteiger partial charge in [-0.25, -0.2) is 10.1 Å². The lowest BCUT2D eigenvalue weighted by Gasteiger charge is -2.22. The predicted octanol–water partition coefficient (Wildman–Crippen LogP) is 2.82. The summed E-state index contributed by atoms with van der Waals surface area (Å²) in [6, 6.07) is 5.27. The molecule has 1 heterocycles. The number of benzene rings is 1. The van der Waals surface area contributed by atoms with E-state index in [1.165, 1.54) is 0 Å². The van der Waals surface area contributed by atoms with Gasteiger partial charge in [-0.15, -0.1) is 13.2 Å². The topological polar surface area (TPSA) is 236 Å². The second-order valence-electron chi connectivity index (χ2n) is 13.7. The lowest BCUT2D eigenvalue weighted by atomic mass is 10.0. The molecule has 0 atom stereocenters. The number of hydrogen-bond donors (Lipinski definition) is 3. The predicted molar refractivity (Wildman–Crippen MR) is 227 cm³/mol. The minimum Gasteiger partial charge on any atom is -0.481 e. The lowest BCUT2D eigenvalue weighted by Crippen LogP contribution is -2.35. The van der Waals surface area contributed by atoms with Crippen molar-refractivity contribution in [2.24, 2.45) is 10.7 Å². The maximum Gasteiger partial charge on any atom is 0.522 e. The Morgan fingerprint density at radius 2 is 1.12 bits per heavy atom. The molecule has 372 valence electrons. The molecule has 2 rings (SSSR count). The molecule has 0 fully saturated rings.